The Kier molecular flexibility index (Phi) is 7.92. The van der Waals surface area contributed by atoms with Crippen molar-refractivity contribution in [2.75, 3.05) is 0 Å². The fourth-order valence-electron chi connectivity index (χ4n) is 0.646. The maximum atomic E-state index is 10.2. The van der Waals surface area contributed by atoms with Gasteiger partial charge in [0.1, 0.15) is 5.75 Å². The van der Waals surface area contributed by atoms with E-state index in [1.165, 1.54) is 24.3 Å². The molecule has 4 nitrogen and oxygen atoms in total. The molecule has 0 aliphatic rings. The van der Waals surface area contributed by atoms with Crippen molar-refractivity contribution in [3.8, 4) is 5.75 Å². The smallest absolute Gasteiger partial charge is 0.269 e. The molecule has 0 saturated carbocycles. The standard InChI is InChI=1S/C6H6NO3P.2ClH/c8-7(9)5-1-3-6(10-11)4-2-5;;/h1-4H,11H2;2*1H. The minimum atomic E-state index is -0.452. The van der Waals surface area contributed by atoms with Gasteiger partial charge in [0.05, 0.1) is 14.4 Å². The molecular formula is C6H8Cl2NO3P. The van der Waals surface area contributed by atoms with Crippen molar-refractivity contribution in [1.82, 2.24) is 0 Å². The molecule has 0 amide bonds. The molecule has 0 aromatic heterocycles. The lowest BCUT2D eigenvalue weighted by molar-refractivity contribution is -0.384. The van der Waals surface area contributed by atoms with Crippen LogP contribution in [0.25, 0.3) is 0 Å². The lowest BCUT2D eigenvalue weighted by Gasteiger charge is -1.95. The van der Waals surface area contributed by atoms with E-state index in [4.69, 9.17) is 4.52 Å². The van der Waals surface area contributed by atoms with Gasteiger partial charge in [0.15, 0.2) is 0 Å². The Hall–Kier alpha value is -0.570. The molecule has 0 radical (unpaired) electrons. The molecule has 13 heavy (non-hydrogen) atoms. The van der Waals surface area contributed by atoms with Crippen LogP contribution in [0.1, 0.15) is 0 Å². The topological polar surface area (TPSA) is 52.4 Å². The van der Waals surface area contributed by atoms with Gasteiger partial charge in [0.25, 0.3) is 5.69 Å². The highest BCUT2D eigenvalue weighted by atomic mass is 35.5. The van der Waals surface area contributed by atoms with Crippen LogP contribution in [-0.2, 0) is 0 Å². The highest BCUT2D eigenvalue weighted by Gasteiger charge is 2.02. The van der Waals surface area contributed by atoms with Crippen LogP contribution < -0.4 is 4.52 Å². The van der Waals surface area contributed by atoms with Crippen molar-refractivity contribution < 1.29 is 9.45 Å². The van der Waals surface area contributed by atoms with Gasteiger partial charge in [0.2, 0.25) is 0 Å². The van der Waals surface area contributed by atoms with Crippen molar-refractivity contribution in [2.24, 2.45) is 0 Å². The van der Waals surface area contributed by atoms with Gasteiger partial charge >= 0.3 is 0 Å². The summed E-state index contributed by atoms with van der Waals surface area (Å²) in [5, 5.41) is 10.2. The van der Waals surface area contributed by atoms with E-state index >= 15 is 0 Å². The number of hydrogen-bond acceptors (Lipinski definition) is 3. The molecule has 7 heteroatoms. The normalized spacial score (nSPS) is 7.77. The largest absolute Gasteiger partial charge is 0.480 e. The molecule has 0 saturated heterocycles. The third-order valence-electron chi connectivity index (χ3n) is 1.18. The summed E-state index contributed by atoms with van der Waals surface area (Å²) >= 11 is 0. The number of nitro groups is 1. The van der Waals surface area contributed by atoms with Crippen LogP contribution in [0.5, 0.6) is 5.75 Å². The second-order valence-electron chi connectivity index (χ2n) is 1.87. The van der Waals surface area contributed by atoms with Crippen LogP contribution in [0.15, 0.2) is 24.3 Å². The van der Waals surface area contributed by atoms with E-state index in [-0.39, 0.29) is 30.5 Å². The van der Waals surface area contributed by atoms with Gasteiger partial charge in [-0.25, -0.2) is 0 Å². The van der Waals surface area contributed by atoms with Gasteiger partial charge in [-0.3, -0.25) is 10.1 Å². The molecule has 1 rings (SSSR count). The van der Waals surface area contributed by atoms with E-state index in [2.05, 4.69) is 9.47 Å². The van der Waals surface area contributed by atoms with Crippen molar-refractivity contribution in [2.45, 2.75) is 0 Å². The molecule has 1 aromatic carbocycles. The number of rotatable bonds is 2. The van der Waals surface area contributed by atoms with E-state index in [0.29, 0.717) is 5.75 Å². The van der Waals surface area contributed by atoms with E-state index in [1.54, 1.807) is 0 Å². The van der Waals surface area contributed by atoms with Crippen molar-refractivity contribution in [3.63, 3.8) is 0 Å². The van der Waals surface area contributed by atoms with E-state index in [0.717, 1.165) is 0 Å². The van der Waals surface area contributed by atoms with Gasteiger partial charge in [-0.2, -0.15) is 0 Å². The predicted octanol–water partition coefficient (Wildman–Crippen LogP) is 2.61. The fourth-order valence-corrected chi connectivity index (χ4v) is 0.804. The maximum absolute atomic E-state index is 10.2. The molecule has 1 unspecified atom stereocenters. The molecule has 0 bridgehead atoms. The van der Waals surface area contributed by atoms with Crippen LogP contribution >= 0.6 is 34.3 Å². The molecule has 74 valence electrons. The summed E-state index contributed by atoms with van der Waals surface area (Å²) in [4.78, 5) is 9.71. The molecule has 0 spiro atoms. The summed E-state index contributed by atoms with van der Waals surface area (Å²) in [5.41, 5.74) is 0.0656. The summed E-state index contributed by atoms with van der Waals surface area (Å²) in [6.45, 7) is 0. The summed E-state index contributed by atoms with van der Waals surface area (Å²) in [6.07, 6.45) is 0. The van der Waals surface area contributed by atoms with E-state index < -0.39 is 4.92 Å². The number of hydrogen-bond donors (Lipinski definition) is 0. The zero-order valence-corrected chi connectivity index (χ0v) is 9.16. The SMILES string of the molecule is Cl.Cl.O=[N+]([O-])c1ccc(OP)cc1. The Morgan fingerprint density at radius 3 is 2.00 bits per heavy atom. The summed E-state index contributed by atoms with van der Waals surface area (Å²) in [5.74, 6) is 0.584. The first-order valence-electron chi connectivity index (χ1n) is 2.85. The van der Waals surface area contributed by atoms with Crippen LogP contribution in [-0.4, -0.2) is 4.92 Å². The Morgan fingerprint density at radius 2 is 1.69 bits per heavy atom. The minimum absolute atomic E-state index is 0. The monoisotopic (exact) mass is 243 g/mol. The average molecular weight is 244 g/mol. The number of nitro benzene ring substituents is 1. The van der Waals surface area contributed by atoms with Crippen LogP contribution in [0.2, 0.25) is 0 Å². The van der Waals surface area contributed by atoms with Gasteiger partial charge in [0, 0.05) is 12.1 Å². The predicted molar refractivity (Wildman–Crippen MR) is 57.9 cm³/mol. The average Bonchev–Trinajstić information content (AvgIpc) is 2.05. The van der Waals surface area contributed by atoms with Crippen molar-refractivity contribution >= 4 is 40.0 Å². The summed E-state index contributed by atoms with van der Waals surface area (Å²) < 4.78 is 4.74. The Morgan fingerprint density at radius 1 is 1.23 bits per heavy atom. The zero-order valence-electron chi connectivity index (χ0n) is 6.38. The van der Waals surface area contributed by atoms with Crippen molar-refractivity contribution in [1.29, 1.82) is 0 Å². The first-order valence-corrected chi connectivity index (χ1v) is 3.32. The third kappa shape index (κ3) is 4.27. The lowest BCUT2D eigenvalue weighted by atomic mass is 10.3. The molecule has 0 aliphatic heterocycles. The number of nitrogens with zero attached hydrogens (tertiary/aromatic N) is 1. The third-order valence-corrected chi connectivity index (χ3v) is 1.46. The van der Waals surface area contributed by atoms with Crippen LogP contribution in [0.3, 0.4) is 0 Å². The zero-order chi connectivity index (χ0) is 8.27. The van der Waals surface area contributed by atoms with E-state index in [9.17, 15) is 10.1 Å². The second kappa shape index (κ2) is 6.89. The molecule has 0 aliphatic carbocycles. The molecule has 1 atom stereocenters. The first kappa shape index (κ1) is 14.9. The quantitative estimate of drug-likeness (QED) is 0.456. The molecule has 0 heterocycles. The maximum Gasteiger partial charge on any atom is 0.269 e. The van der Waals surface area contributed by atoms with Crippen LogP contribution in [0.4, 0.5) is 5.69 Å². The van der Waals surface area contributed by atoms with Gasteiger partial charge < -0.3 is 4.52 Å². The minimum Gasteiger partial charge on any atom is -0.480 e. The lowest BCUT2D eigenvalue weighted by Crippen LogP contribution is -1.86. The molecular weight excluding hydrogens is 236 g/mol. The number of halogens is 2. The van der Waals surface area contributed by atoms with Crippen LogP contribution in [0, 0.1) is 10.1 Å². The second-order valence-corrected chi connectivity index (χ2v) is 2.10. The van der Waals surface area contributed by atoms with Gasteiger partial charge in [-0.05, 0) is 12.1 Å². The Balaban J connectivity index is 0. The number of non-ortho nitro benzene ring substituents is 1. The van der Waals surface area contributed by atoms with Crippen molar-refractivity contribution in [3.05, 3.63) is 34.4 Å². The summed E-state index contributed by atoms with van der Waals surface area (Å²) in [6, 6.07) is 5.84. The van der Waals surface area contributed by atoms with Gasteiger partial charge in [-0.15, -0.1) is 24.8 Å². The Bertz CT molecular complexity index is 267. The molecule has 0 N–H and O–H groups in total. The van der Waals surface area contributed by atoms with E-state index in [1.807, 2.05) is 0 Å². The fraction of sp³-hybridized carbons (Fsp3) is 0. The summed E-state index contributed by atoms with van der Waals surface area (Å²) in [7, 11) is 2.06. The van der Waals surface area contributed by atoms with Gasteiger partial charge in [-0.1, -0.05) is 0 Å². The number of benzene rings is 1. The highest BCUT2D eigenvalue weighted by Crippen LogP contribution is 2.18. The highest BCUT2D eigenvalue weighted by molar-refractivity contribution is 7.10. The molecule has 1 aromatic rings. The molecule has 0 fully saturated rings. The first-order chi connectivity index (χ1) is 5.24. The Labute approximate surface area is 89.9 Å².